The summed E-state index contributed by atoms with van der Waals surface area (Å²) >= 11 is 4.10. The molecule has 1 aromatic carbocycles. The minimum Gasteiger partial charge on any atom is -0.378 e. The zero-order chi connectivity index (χ0) is 8.27. The van der Waals surface area contributed by atoms with Crippen LogP contribution < -0.4 is 4.90 Å². The lowest BCUT2D eigenvalue weighted by atomic mass is 10.3. The van der Waals surface area contributed by atoms with Gasteiger partial charge in [-0.25, -0.2) is 0 Å². The number of rotatable bonds is 2. The highest BCUT2D eigenvalue weighted by Crippen LogP contribution is 2.23. The Kier molecular flexibility index (Phi) is 3.15. The maximum Gasteiger partial charge on any atom is 0.0361 e. The van der Waals surface area contributed by atoms with E-state index in [1.54, 1.807) is 0 Å². The highest BCUT2D eigenvalue weighted by molar-refractivity contribution is 8.68. The molecule has 0 heterocycles. The first-order chi connectivity index (χ1) is 5.24. The largest absolute Gasteiger partial charge is 0.378 e. The van der Waals surface area contributed by atoms with E-state index in [1.807, 2.05) is 14.1 Å². The van der Waals surface area contributed by atoms with Gasteiger partial charge >= 0.3 is 0 Å². The summed E-state index contributed by atoms with van der Waals surface area (Å²) in [7, 11) is 5.53. The van der Waals surface area contributed by atoms with Crippen LogP contribution in [0.4, 0.5) is 5.69 Å². The molecule has 0 aliphatic heterocycles. The molecular weight excluding hydrogens is 174 g/mol. The van der Waals surface area contributed by atoms with Gasteiger partial charge in [-0.3, -0.25) is 0 Å². The predicted octanol–water partition coefficient (Wildman–Crippen LogP) is 2.69. The molecule has 0 aliphatic rings. The maximum absolute atomic E-state index is 4.10. The molecule has 0 saturated carbocycles. The third-order valence-electron chi connectivity index (χ3n) is 1.46. The predicted molar refractivity (Wildman–Crippen MR) is 55.6 cm³/mol. The van der Waals surface area contributed by atoms with Crippen molar-refractivity contribution in [3.8, 4) is 0 Å². The second kappa shape index (κ2) is 3.93. The van der Waals surface area contributed by atoms with Crippen molar-refractivity contribution in [3.05, 3.63) is 24.3 Å². The number of nitrogens with zero attached hydrogens (tertiary/aromatic N) is 1. The third kappa shape index (κ3) is 2.34. The molecule has 11 heavy (non-hydrogen) atoms. The van der Waals surface area contributed by atoms with Crippen LogP contribution in [0.25, 0.3) is 0 Å². The summed E-state index contributed by atoms with van der Waals surface area (Å²) in [5, 5.41) is 0. The van der Waals surface area contributed by atoms with E-state index in [4.69, 9.17) is 0 Å². The summed E-state index contributed by atoms with van der Waals surface area (Å²) in [4.78, 5) is 3.26. The minimum absolute atomic E-state index is 1.18. The van der Waals surface area contributed by atoms with Crippen molar-refractivity contribution in [1.29, 1.82) is 0 Å². The second-order valence-corrected chi connectivity index (χ2v) is 3.68. The molecule has 60 valence electrons. The van der Waals surface area contributed by atoms with Gasteiger partial charge in [0.15, 0.2) is 0 Å². The molecule has 0 spiro atoms. The van der Waals surface area contributed by atoms with Crippen molar-refractivity contribution in [3.63, 3.8) is 0 Å². The first kappa shape index (κ1) is 8.81. The topological polar surface area (TPSA) is 3.24 Å². The lowest BCUT2D eigenvalue weighted by Gasteiger charge is -2.11. The number of hydrogen-bond acceptors (Lipinski definition) is 3. The van der Waals surface area contributed by atoms with Crippen molar-refractivity contribution in [2.24, 2.45) is 0 Å². The minimum atomic E-state index is 1.18. The van der Waals surface area contributed by atoms with Crippen LogP contribution in [-0.4, -0.2) is 14.1 Å². The zero-order valence-corrected chi connectivity index (χ0v) is 8.32. The van der Waals surface area contributed by atoms with E-state index in [0.717, 1.165) is 0 Å². The van der Waals surface area contributed by atoms with Gasteiger partial charge in [-0.05, 0) is 24.3 Å². The van der Waals surface area contributed by atoms with Crippen molar-refractivity contribution in [2.45, 2.75) is 4.90 Å². The smallest absolute Gasteiger partial charge is 0.0361 e. The van der Waals surface area contributed by atoms with Crippen LogP contribution in [0.1, 0.15) is 0 Å². The molecule has 0 bridgehead atoms. The van der Waals surface area contributed by atoms with E-state index >= 15 is 0 Å². The van der Waals surface area contributed by atoms with E-state index < -0.39 is 0 Å². The quantitative estimate of drug-likeness (QED) is 0.557. The van der Waals surface area contributed by atoms with Crippen LogP contribution >= 0.6 is 22.5 Å². The zero-order valence-electron chi connectivity index (χ0n) is 6.61. The van der Waals surface area contributed by atoms with Gasteiger partial charge in [0, 0.05) is 24.7 Å². The number of anilines is 1. The Hall–Kier alpha value is -0.280. The van der Waals surface area contributed by atoms with E-state index in [2.05, 4.69) is 40.8 Å². The average molecular weight is 185 g/mol. The second-order valence-electron chi connectivity index (χ2n) is 2.48. The van der Waals surface area contributed by atoms with Gasteiger partial charge in [-0.1, -0.05) is 10.8 Å². The van der Waals surface area contributed by atoms with Crippen LogP contribution in [0, 0.1) is 0 Å². The van der Waals surface area contributed by atoms with Crippen LogP contribution in [0.3, 0.4) is 0 Å². The Balaban J connectivity index is 2.83. The molecule has 0 fully saturated rings. The summed E-state index contributed by atoms with van der Waals surface area (Å²) < 4.78 is 0. The van der Waals surface area contributed by atoms with E-state index in [9.17, 15) is 0 Å². The van der Waals surface area contributed by atoms with Gasteiger partial charge in [0.1, 0.15) is 0 Å². The molecule has 0 N–H and O–H groups in total. The summed E-state index contributed by atoms with van der Waals surface area (Å²) in [6.07, 6.45) is 0. The Labute approximate surface area is 76.6 Å². The normalized spacial score (nSPS) is 9.73. The van der Waals surface area contributed by atoms with Crippen molar-refractivity contribution < 1.29 is 0 Å². The standard InChI is InChI=1S/C8H11NS2/c1-9(2)7-3-5-8(11-10)6-4-7/h3-6,10H,1-2H3. The molecule has 0 aromatic heterocycles. The molecule has 0 unspecified atom stereocenters. The fourth-order valence-corrected chi connectivity index (χ4v) is 1.43. The molecule has 3 heteroatoms. The fraction of sp³-hybridized carbons (Fsp3) is 0.250. The highest BCUT2D eigenvalue weighted by Gasteiger charge is 1.93. The Morgan fingerprint density at radius 2 is 1.73 bits per heavy atom. The molecule has 0 amide bonds. The van der Waals surface area contributed by atoms with Crippen molar-refractivity contribution in [1.82, 2.24) is 0 Å². The van der Waals surface area contributed by atoms with E-state index in [1.165, 1.54) is 21.4 Å². The summed E-state index contributed by atoms with van der Waals surface area (Å²) in [6, 6.07) is 8.29. The van der Waals surface area contributed by atoms with Gasteiger partial charge in [-0.15, -0.1) is 11.7 Å². The number of hydrogen-bond donors (Lipinski definition) is 1. The molecule has 1 nitrogen and oxygen atoms in total. The Morgan fingerprint density at radius 1 is 1.18 bits per heavy atom. The highest BCUT2D eigenvalue weighted by atomic mass is 33.1. The van der Waals surface area contributed by atoms with Gasteiger partial charge in [-0.2, -0.15) is 0 Å². The van der Waals surface area contributed by atoms with Crippen LogP contribution in [0.5, 0.6) is 0 Å². The molecule has 0 aliphatic carbocycles. The summed E-state index contributed by atoms with van der Waals surface area (Å²) in [5.41, 5.74) is 1.22. The average Bonchev–Trinajstić information content (AvgIpc) is 2.05. The van der Waals surface area contributed by atoms with Gasteiger partial charge in [0.25, 0.3) is 0 Å². The molecule has 0 radical (unpaired) electrons. The van der Waals surface area contributed by atoms with Gasteiger partial charge in [0.05, 0.1) is 0 Å². The third-order valence-corrected chi connectivity index (χ3v) is 2.57. The van der Waals surface area contributed by atoms with Crippen LogP contribution in [0.2, 0.25) is 0 Å². The van der Waals surface area contributed by atoms with Gasteiger partial charge < -0.3 is 4.90 Å². The lowest BCUT2D eigenvalue weighted by molar-refractivity contribution is 1.13. The number of thiol groups is 1. The summed E-state index contributed by atoms with van der Waals surface area (Å²) in [6.45, 7) is 0. The van der Waals surface area contributed by atoms with Crippen molar-refractivity contribution in [2.75, 3.05) is 19.0 Å². The lowest BCUT2D eigenvalue weighted by Crippen LogP contribution is -2.07. The number of benzene rings is 1. The van der Waals surface area contributed by atoms with Crippen molar-refractivity contribution >= 4 is 28.1 Å². The fourth-order valence-electron chi connectivity index (χ4n) is 0.805. The monoisotopic (exact) mass is 185 g/mol. The van der Waals surface area contributed by atoms with Crippen LogP contribution in [-0.2, 0) is 0 Å². The Bertz CT molecular complexity index is 218. The summed E-state index contributed by atoms with van der Waals surface area (Å²) in [5.74, 6) is 0. The van der Waals surface area contributed by atoms with E-state index in [0.29, 0.717) is 0 Å². The molecule has 1 rings (SSSR count). The first-order valence-electron chi connectivity index (χ1n) is 3.33. The molecular formula is C8H11NS2. The first-order valence-corrected chi connectivity index (χ1v) is 5.19. The SMILES string of the molecule is CN(C)c1ccc(SS)cc1. The van der Waals surface area contributed by atoms with E-state index in [-0.39, 0.29) is 0 Å². The van der Waals surface area contributed by atoms with Gasteiger partial charge in [0.2, 0.25) is 0 Å². The maximum atomic E-state index is 4.10. The Morgan fingerprint density at radius 3 is 2.09 bits per heavy atom. The molecule has 0 saturated heterocycles. The molecule has 0 atom stereocenters. The molecule has 1 aromatic rings. The van der Waals surface area contributed by atoms with Crippen LogP contribution in [0.15, 0.2) is 29.2 Å².